The van der Waals surface area contributed by atoms with Crippen LogP contribution in [0.15, 0.2) is 18.2 Å². The quantitative estimate of drug-likeness (QED) is 0.799. The first-order valence-electron chi connectivity index (χ1n) is 8.92. The first kappa shape index (κ1) is 13.7. The van der Waals surface area contributed by atoms with Crippen LogP contribution in [0.2, 0.25) is 0 Å². The second-order valence-electron chi connectivity index (χ2n) is 7.59. The zero-order chi connectivity index (χ0) is 15.6. The van der Waals surface area contributed by atoms with Crippen molar-refractivity contribution in [3.8, 4) is 0 Å². The van der Waals surface area contributed by atoms with Gasteiger partial charge in [-0.2, -0.15) is 0 Å². The summed E-state index contributed by atoms with van der Waals surface area (Å²) in [6.07, 6.45) is 3.98. The molecule has 4 heterocycles. The predicted molar refractivity (Wildman–Crippen MR) is 86.7 cm³/mol. The maximum atomic E-state index is 13.1. The van der Waals surface area contributed by atoms with E-state index in [-0.39, 0.29) is 11.7 Å². The number of benzene rings is 1. The molecule has 5 aliphatic rings. The lowest BCUT2D eigenvalue weighted by Gasteiger charge is -2.51. The van der Waals surface area contributed by atoms with Crippen LogP contribution in [0.3, 0.4) is 0 Å². The number of amides is 1. The lowest BCUT2D eigenvalue weighted by Crippen LogP contribution is -2.60. The maximum absolute atomic E-state index is 13.1. The fourth-order valence-corrected chi connectivity index (χ4v) is 5.25. The molecule has 1 aromatic rings. The zero-order valence-corrected chi connectivity index (χ0v) is 13.3. The summed E-state index contributed by atoms with van der Waals surface area (Å²) in [5.74, 6) is 1.39. The molecule has 2 atom stereocenters. The van der Waals surface area contributed by atoms with Crippen LogP contribution in [-0.4, -0.2) is 53.7 Å². The van der Waals surface area contributed by atoms with Crippen molar-refractivity contribution in [2.45, 2.75) is 37.6 Å². The van der Waals surface area contributed by atoms with Gasteiger partial charge in [0.1, 0.15) is 0 Å². The Morgan fingerprint density at radius 1 is 0.957 bits per heavy atom. The van der Waals surface area contributed by atoms with Crippen molar-refractivity contribution in [2.75, 3.05) is 26.2 Å². The van der Waals surface area contributed by atoms with Gasteiger partial charge in [-0.1, -0.05) is 12.1 Å². The van der Waals surface area contributed by atoms with Gasteiger partial charge in [0.15, 0.2) is 5.78 Å². The summed E-state index contributed by atoms with van der Waals surface area (Å²) >= 11 is 0. The van der Waals surface area contributed by atoms with Gasteiger partial charge in [-0.15, -0.1) is 0 Å². The van der Waals surface area contributed by atoms with Gasteiger partial charge in [-0.05, 0) is 49.9 Å². The van der Waals surface area contributed by atoms with Crippen molar-refractivity contribution in [1.82, 2.24) is 9.80 Å². The topological polar surface area (TPSA) is 40.6 Å². The Hall–Kier alpha value is -1.68. The zero-order valence-electron chi connectivity index (χ0n) is 13.3. The molecule has 4 heteroatoms. The molecule has 120 valence electrons. The van der Waals surface area contributed by atoms with Crippen molar-refractivity contribution in [3.05, 3.63) is 34.9 Å². The molecule has 4 nitrogen and oxygen atoms in total. The molecule has 0 saturated carbocycles. The lowest BCUT2D eigenvalue weighted by molar-refractivity contribution is 0.00270. The highest BCUT2D eigenvalue weighted by atomic mass is 16.2. The molecule has 6 rings (SSSR count). The third-order valence-corrected chi connectivity index (χ3v) is 6.46. The molecule has 3 fully saturated rings. The van der Waals surface area contributed by atoms with Gasteiger partial charge < -0.3 is 9.80 Å². The van der Waals surface area contributed by atoms with Crippen LogP contribution in [0.5, 0.6) is 0 Å². The second-order valence-corrected chi connectivity index (χ2v) is 7.59. The summed E-state index contributed by atoms with van der Waals surface area (Å²) in [6.45, 7) is 4.24. The smallest absolute Gasteiger partial charge is 0.254 e. The van der Waals surface area contributed by atoms with E-state index in [1.807, 2.05) is 18.2 Å². The Balaban J connectivity index is 1.55. The molecule has 0 N–H and O–H groups in total. The summed E-state index contributed by atoms with van der Waals surface area (Å²) in [6, 6.07) is 6.09. The summed E-state index contributed by atoms with van der Waals surface area (Å²) in [5.41, 5.74) is 2.65. The predicted octanol–water partition coefficient (Wildman–Crippen LogP) is 2.30. The highest BCUT2D eigenvalue weighted by molar-refractivity contribution is 6.05. The molecule has 0 aromatic heterocycles. The third-order valence-electron chi connectivity index (χ3n) is 6.46. The minimum atomic E-state index is 0.159. The monoisotopic (exact) mass is 310 g/mol. The second kappa shape index (κ2) is 4.91. The molecule has 1 aromatic carbocycles. The van der Waals surface area contributed by atoms with Gasteiger partial charge in [0.25, 0.3) is 5.91 Å². The van der Waals surface area contributed by atoms with E-state index < -0.39 is 0 Å². The van der Waals surface area contributed by atoms with Gasteiger partial charge in [0.05, 0.1) is 0 Å². The number of piperidine rings is 3. The molecule has 23 heavy (non-hydrogen) atoms. The number of carbonyl (C=O) groups excluding carboxylic acids is 2. The molecule has 0 radical (unpaired) electrons. The Kier molecular flexibility index (Phi) is 2.93. The highest BCUT2D eigenvalue weighted by Gasteiger charge is 2.44. The number of rotatable bonds is 1. The van der Waals surface area contributed by atoms with Gasteiger partial charge in [-0.3, -0.25) is 9.59 Å². The Morgan fingerprint density at radius 2 is 1.74 bits per heavy atom. The number of nitrogens with zero attached hydrogens (tertiary/aromatic N) is 2. The molecule has 3 saturated heterocycles. The van der Waals surface area contributed by atoms with Crippen LogP contribution < -0.4 is 0 Å². The SMILES string of the molecule is O=C1CC[C@@H]2CN(C3CN4CCC3CC4)C(=O)c3cccc1c32. The summed E-state index contributed by atoms with van der Waals surface area (Å²) < 4.78 is 0. The molecule has 4 aliphatic heterocycles. The van der Waals surface area contributed by atoms with Crippen molar-refractivity contribution in [3.63, 3.8) is 0 Å². The molecule has 0 spiro atoms. The number of Topliss-reactive ketones (excluding diaryl/α,β-unsaturated/α-hetero) is 1. The van der Waals surface area contributed by atoms with Crippen molar-refractivity contribution in [2.24, 2.45) is 5.92 Å². The van der Waals surface area contributed by atoms with E-state index in [1.165, 1.54) is 25.9 Å². The molecule has 1 unspecified atom stereocenters. The van der Waals surface area contributed by atoms with Gasteiger partial charge in [-0.25, -0.2) is 0 Å². The van der Waals surface area contributed by atoms with Crippen LogP contribution in [0.4, 0.5) is 0 Å². The fraction of sp³-hybridized carbons (Fsp3) is 0.579. The average molecular weight is 310 g/mol. The number of ketones is 1. The van der Waals surface area contributed by atoms with Crippen molar-refractivity contribution in [1.29, 1.82) is 0 Å². The minimum absolute atomic E-state index is 0.159. The van der Waals surface area contributed by atoms with Crippen LogP contribution in [0, 0.1) is 5.92 Å². The normalized spacial score (nSPS) is 35.4. The van der Waals surface area contributed by atoms with Crippen molar-refractivity contribution < 1.29 is 9.59 Å². The maximum Gasteiger partial charge on any atom is 0.254 e. The largest absolute Gasteiger partial charge is 0.333 e. The first-order chi connectivity index (χ1) is 11.2. The van der Waals surface area contributed by atoms with Crippen LogP contribution in [-0.2, 0) is 0 Å². The van der Waals surface area contributed by atoms with E-state index >= 15 is 0 Å². The van der Waals surface area contributed by atoms with Crippen LogP contribution in [0.1, 0.15) is 57.9 Å². The van der Waals surface area contributed by atoms with E-state index in [4.69, 9.17) is 0 Å². The van der Waals surface area contributed by atoms with E-state index in [1.54, 1.807) is 0 Å². The fourth-order valence-electron chi connectivity index (χ4n) is 5.25. The van der Waals surface area contributed by atoms with E-state index in [9.17, 15) is 9.59 Å². The average Bonchev–Trinajstić information content (AvgIpc) is 2.61. The number of carbonyl (C=O) groups is 2. The van der Waals surface area contributed by atoms with Gasteiger partial charge in [0, 0.05) is 42.6 Å². The van der Waals surface area contributed by atoms with Crippen LogP contribution in [0.25, 0.3) is 0 Å². The number of fused-ring (bicyclic) bond motifs is 3. The van der Waals surface area contributed by atoms with E-state index in [0.29, 0.717) is 24.3 Å². The molecule has 2 bridgehead atoms. The van der Waals surface area contributed by atoms with Gasteiger partial charge in [0.2, 0.25) is 0 Å². The highest BCUT2D eigenvalue weighted by Crippen LogP contribution is 2.41. The standard InChI is InChI=1S/C19H22N2O2/c22-17-5-4-13-10-21(16-11-20-8-6-12(16)7-9-20)19(23)15-3-1-2-14(17)18(13)15/h1-3,12-13,16H,4-11H2/t13-,16?/m1/s1. The number of hydrogen-bond donors (Lipinski definition) is 0. The lowest BCUT2D eigenvalue weighted by atomic mass is 9.75. The molecule has 1 aliphatic carbocycles. The summed E-state index contributed by atoms with van der Waals surface area (Å²) in [7, 11) is 0. The minimum Gasteiger partial charge on any atom is -0.333 e. The summed E-state index contributed by atoms with van der Waals surface area (Å²) in [5, 5.41) is 0. The van der Waals surface area contributed by atoms with E-state index in [2.05, 4.69) is 9.80 Å². The Labute approximate surface area is 136 Å². The molecule has 1 amide bonds. The Bertz CT molecular complexity index is 691. The third kappa shape index (κ3) is 1.94. The number of hydrogen-bond acceptors (Lipinski definition) is 3. The summed E-state index contributed by atoms with van der Waals surface area (Å²) in [4.78, 5) is 30.0. The van der Waals surface area contributed by atoms with Gasteiger partial charge >= 0.3 is 0 Å². The van der Waals surface area contributed by atoms with Crippen molar-refractivity contribution >= 4 is 11.7 Å². The molecular formula is C19H22N2O2. The van der Waals surface area contributed by atoms with E-state index in [0.717, 1.165) is 36.2 Å². The van der Waals surface area contributed by atoms with Crippen LogP contribution >= 0.6 is 0 Å². The first-order valence-corrected chi connectivity index (χ1v) is 8.92. The molecular weight excluding hydrogens is 288 g/mol. The Morgan fingerprint density at radius 3 is 2.48 bits per heavy atom.